The molecular formula is C15H19N3O2S2. The fourth-order valence-corrected chi connectivity index (χ4v) is 3.17. The molecule has 1 aromatic carbocycles. The van der Waals surface area contributed by atoms with Gasteiger partial charge < -0.3 is 10.2 Å². The van der Waals surface area contributed by atoms with E-state index in [-0.39, 0.29) is 6.03 Å². The SMILES string of the molecule is Cc1ncc(CNC(=O)N(C)Cc2ccc([S@](C)=O)cc2)s1. The Hall–Kier alpha value is -1.73. The van der Waals surface area contributed by atoms with E-state index in [0.29, 0.717) is 13.1 Å². The third-order valence-electron chi connectivity index (χ3n) is 3.10. The number of nitrogens with one attached hydrogen (secondary N) is 1. The number of amides is 2. The van der Waals surface area contributed by atoms with Crippen molar-refractivity contribution in [2.24, 2.45) is 0 Å². The number of carbonyl (C=O) groups is 1. The summed E-state index contributed by atoms with van der Waals surface area (Å²) >= 11 is 1.58. The highest BCUT2D eigenvalue weighted by atomic mass is 32.2. The van der Waals surface area contributed by atoms with Crippen molar-refractivity contribution >= 4 is 28.2 Å². The Balaban J connectivity index is 1.86. The van der Waals surface area contributed by atoms with Crippen LogP contribution in [0.25, 0.3) is 0 Å². The van der Waals surface area contributed by atoms with Crippen molar-refractivity contribution in [2.45, 2.75) is 24.9 Å². The zero-order valence-electron chi connectivity index (χ0n) is 12.8. The number of carbonyl (C=O) groups excluding carboxylic acids is 1. The van der Waals surface area contributed by atoms with Crippen molar-refractivity contribution in [1.29, 1.82) is 0 Å². The monoisotopic (exact) mass is 337 g/mol. The molecule has 22 heavy (non-hydrogen) atoms. The number of thiazole rings is 1. The molecule has 0 aliphatic heterocycles. The summed E-state index contributed by atoms with van der Waals surface area (Å²) in [6.07, 6.45) is 3.43. The van der Waals surface area contributed by atoms with Gasteiger partial charge in [0.15, 0.2) is 0 Å². The Labute approximate surface area is 136 Å². The standard InChI is InChI=1S/C15H19N3O2S2/c1-11-16-8-13(21-11)9-17-15(19)18(2)10-12-4-6-14(7-5-12)22(3)20/h4-8H,9-10H2,1-3H3,(H,17,19)/t22-/m0/s1. The van der Waals surface area contributed by atoms with Gasteiger partial charge in [0.1, 0.15) is 0 Å². The summed E-state index contributed by atoms with van der Waals surface area (Å²) in [5.41, 5.74) is 1.00. The van der Waals surface area contributed by atoms with E-state index in [0.717, 1.165) is 20.3 Å². The first-order valence-corrected chi connectivity index (χ1v) is 9.16. The van der Waals surface area contributed by atoms with Gasteiger partial charge in [0.2, 0.25) is 0 Å². The van der Waals surface area contributed by atoms with Crippen LogP contribution in [0.4, 0.5) is 4.79 Å². The molecule has 1 atom stereocenters. The Morgan fingerprint density at radius 1 is 1.36 bits per heavy atom. The molecule has 118 valence electrons. The van der Waals surface area contributed by atoms with Crippen molar-refractivity contribution in [3.63, 3.8) is 0 Å². The van der Waals surface area contributed by atoms with E-state index in [2.05, 4.69) is 10.3 Å². The van der Waals surface area contributed by atoms with Crippen LogP contribution in [0, 0.1) is 6.92 Å². The summed E-state index contributed by atoms with van der Waals surface area (Å²) in [7, 11) is 0.771. The van der Waals surface area contributed by atoms with Gasteiger partial charge in [0, 0.05) is 46.6 Å². The van der Waals surface area contributed by atoms with Gasteiger partial charge in [-0.3, -0.25) is 4.21 Å². The number of nitrogens with zero attached hydrogens (tertiary/aromatic N) is 2. The Morgan fingerprint density at radius 2 is 2.05 bits per heavy atom. The highest BCUT2D eigenvalue weighted by Gasteiger charge is 2.09. The van der Waals surface area contributed by atoms with Gasteiger partial charge >= 0.3 is 6.03 Å². The summed E-state index contributed by atoms with van der Waals surface area (Å²) < 4.78 is 11.3. The minimum Gasteiger partial charge on any atom is -0.333 e. The lowest BCUT2D eigenvalue weighted by molar-refractivity contribution is 0.206. The molecule has 2 aromatic rings. The largest absolute Gasteiger partial charge is 0.333 e. The topological polar surface area (TPSA) is 62.3 Å². The zero-order chi connectivity index (χ0) is 16.1. The third-order valence-corrected chi connectivity index (χ3v) is 4.95. The molecule has 0 fully saturated rings. The number of urea groups is 1. The van der Waals surface area contributed by atoms with Crippen molar-refractivity contribution in [3.05, 3.63) is 45.9 Å². The Kier molecular flexibility index (Phi) is 5.68. The minimum atomic E-state index is -0.979. The predicted octanol–water partition coefficient (Wildman–Crippen LogP) is 2.53. The maximum absolute atomic E-state index is 12.1. The molecule has 2 rings (SSSR count). The van der Waals surface area contributed by atoms with Crippen LogP contribution in [0.1, 0.15) is 15.4 Å². The highest BCUT2D eigenvalue weighted by molar-refractivity contribution is 7.84. The maximum atomic E-state index is 12.1. The molecule has 2 amide bonds. The van der Waals surface area contributed by atoms with Gasteiger partial charge in [-0.05, 0) is 24.6 Å². The number of benzene rings is 1. The lowest BCUT2D eigenvalue weighted by Crippen LogP contribution is -2.36. The lowest BCUT2D eigenvalue weighted by Gasteiger charge is -2.18. The first-order chi connectivity index (χ1) is 10.5. The van der Waals surface area contributed by atoms with Crippen LogP contribution in [0.2, 0.25) is 0 Å². The van der Waals surface area contributed by atoms with Gasteiger partial charge in [0.25, 0.3) is 0 Å². The van der Waals surface area contributed by atoms with Gasteiger partial charge in [-0.15, -0.1) is 11.3 Å². The second-order valence-corrected chi connectivity index (χ2v) is 7.66. The smallest absolute Gasteiger partial charge is 0.317 e. The van der Waals surface area contributed by atoms with E-state index in [9.17, 15) is 9.00 Å². The molecule has 0 unspecified atom stereocenters. The van der Waals surface area contributed by atoms with Crippen molar-refractivity contribution < 1.29 is 9.00 Å². The van der Waals surface area contributed by atoms with E-state index in [1.165, 1.54) is 0 Å². The van der Waals surface area contributed by atoms with E-state index >= 15 is 0 Å². The lowest BCUT2D eigenvalue weighted by atomic mass is 10.2. The normalized spacial score (nSPS) is 12.0. The molecule has 0 saturated heterocycles. The van der Waals surface area contributed by atoms with Gasteiger partial charge in [-0.1, -0.05) is 12.1 Å². The number of hydrogen-bond donors (Lipinski definition) is 1. The number of hydrogen-bond acceptors (Lipinski definition) is 4. The second-order valence-electron chi connectivity index (χ2n) is 4.96. The fourth-order valence-electron chi connectivity index (χ4n) is 1.92. The molecule has 1 N–H and O–H groups in total. The van der Waals surface area contributed by atoms with Crippen molar-refractivity contribution in [1.82, 2.24) is 15.2 Å². The maximum Gasteiger partial charge on any atom is 0.317 e. The fraction of sp³-hybridized carbons (Fsp3) is 0.333. The summed E-state index contributed by atoms with van der Waals surface area (Å²) in [4.78, 5) is 19.7. The van der Waals surface area contributed by atoms with Crippen LogP contribution < -0.4 is 5.32 Å². The first kappa shape index (κ1) is 16.6. The summed E-state index contributed by atoms with van der Waals surface area (Å²) in [5.74, 6) is 0. The number of aromatic nitrogens is 1. The number of rotatable bonds is 5. The molecular weight excluding hydrogens is 318 g/mol. The van der Waals surface area contributed by atoms with E-state index in [4.69, 9.17) is 0 Å². The molecule has 0 aliphatic rings. The molecule has 0 saturated carbocycles. The highest BCUT2D eigenvalue weighted by Crippen LogP contribution is 2.12. The Morgan fingerprint density at radius 3 is 2.59 bits per heavy atom. The number of aryl methyl sites for hydroxylation is 1. The summed E-state index contributed by atoms with van der Waals surface area (Å²) in [6, 6.07) is 7.32. The average molecular weight is 337 g/mol. The predicted molar refractivity (Wildman–Crippen MR) is 89.3 cm³/mol. The van der Waals surface area contributed by atoms with Gasteiger partial charge in [-0.2, -0.15) is 0 Å². The van der Waals surface area contributed by atoms with Crippen molar-refractivity contribution in [3.8, 4) is 0 Å². The molecule has 0 bridgehead atoms. The molecule has 0 aliphatic carbocycles. The van der Waals surface area contributed by atoms with Crippen LogP contribution in [0.15, 0.2) is 35.4 Å². The summed E-state index contributed by atoms with van der Waals surface area (Å²) in [5, 5.41) is 3.86. The molecule has 0 spiro atoms. The van der Waals surface area contributed by atoms with E-state index in [1.807, 2.05) is 31.2 Å². The van der Waals surface area contributed by atoms with Crippen LogP contribution >= 0.6 is 11.3 Å². The first-order valence-electron chi connectivity index (χ1n) is 6.78. The van der Waals surface area contributed by atoms with Crippen LogP contribution in [-0.2, 0) is 23.9 Å². The van der Waals surface area contributed by atoms with E-state index in [1.54, 1.807) is 35.7 Å². The average Bonchev–Trinajstić information content (AvgIpc) is 2.91. The molecule has 1 heterocycles. The van der Waals surface area contributed by atoms with Crippen LogP contribution in [0.3, 0.4) is 0 Å². The molecule has 7 heteroatoms. The second kappa shape index (κ2) is 7.51. The minimum absolute atomic E-state index is 0.130. The van der Waals surface area contributed by atoms with Crippen LogP contribution in [0.5, 0.6) is 0 Å². The van der Waals surface area contributed by atoms with E-state index < -0.39 is 10.8 Å². The molecule has 1 aromatic heterocycles. The Bertz CT molecular complexity index is 668. The van der Waals surface area contributed by atoms with Gasteiger partial charge in [-0.25, -0.2) is 9.78 Å². The summed E-state index contributed by atoms with van der Waals surface area (Å²) in [6.45, 7) is 2.93. The zero-order valence-corrected chi connectivity index (χ0v) is 14.5. The molecule has 0 radical (unpaired) electrons. The third kappa shape index (κ3) is 4.64. The quantitative estimate of drug-likeness (QED) is 0.912. The van der Waals surface area contributed by atoms with Gasteiger partial charge in [0.05, 0.1) is 11.6 Å². The van der Waals surface area contributed by atoms with Crippen molar-refractivity contribution in [2.75, 3.05) is 13.3 Å². The molecule has 5 nitrogen and oxygen atoms in total. The van der Waals surface area contributed by atoms with Crippen LogP contribution in [-0.4, -0.2) is 33.4 Å².